The summed E-state index contributed by atoms with van der Waals surface area (Å²) in [7, 11) is 0. The van der Waals surface area contributed by atoms with Crippen molar-refractivity contribution in [2.45, 2.75) is 19.9 Å². The van der Waals surface area contributed by atoms with Gasteiger partial charge in [0.1, 0.15) is 5.69 Å². The average molecular weight is 197 g/mol. The van der Waals surface area contributed by atoms with E-state index < -0.39 is 6.43 Å². The molecule has 0 saturated heterocycles. The number of hydrogen-bond acceptors (Lipinski definition) is 3. The zero-order valence-electron chi connectivity index (χ0n) is 7.59. The molecule has 0 amide bonds. The van der Waals surface area contributed by atoms with E-state index in [9.17, 15) is 8.78 Å². The predicted octanol–water partition coefficient (Wildman–Crippen LogP) is 1.66. The molecule has 0 aliphatic heterocycles. The summed E-state index contributed by atoms with van der Waals surface area (Å²) in [6.07, 6.45) is -2.69. The van der Waals surface area contributed by atoms with Crippen LogP contribution < -0.4 is 5.73 Å². The Hall–Kier alpha value is -1.54. The molecule has 0 bridgehead atoms. The number of nitrogens with zero attached hydrogens (tertiary/aromatic N) is 2. The summed E-state index contributed by atoms with van der Waals surface area (Å²) in [4.78, 5) is 3.67. The Morgan fingerprint density at radius 1 is 1.64 bits per heavy atom. The molecule has 2 N–H and O–H groups in total. The molecule has 1 aromatic rings. The van der Waals surface area contributed by atoms with Gasteiger partial charge in [-0.05, 0) is 13.0 Å². The zero-order chi connectivity index (χ0) is 10.7. The summed E-state index contributed by atoms with van der Waals surface area (Å²) in [5.41, 5.74) is 5.61. The molecule has 0 unspecified atom stereocenters. The SMILES string of the molecule is Cc1cc(C#N)c(CN)c(C(F)F)n1. The van der Waals surface area contributed by atoms with Gasteiger partial charge >= 0.3 is 0 Å². The molecule has 0 aromatic carbocycles. The van der Waals surface area contributed by atoms with Crippen LogP contribution in [0.4, 0.5) is 8.78 Å². The molecule has 0 aliphatic carbocycles. The standard InChI is InChI=1S/C9H9F2N3/c1-5-2-6(3-12)7(4-13)8(14-5)9(10)11/h2,9H,4,13H2,1H3. The van der Waals surface area contributed by atoms with Gasteiger partial charge in [0, 0.05) is 17.8 Å². The van der Waals surface area contributed by atoms with E-state index >= 15 is 0 Å². The second-order valence-electron chi connectivity index (χ2n) is 2.79. The Bertz CT molecular complexity index is 382. The number of hydrogen-bond donors (Lipinski definition) is 1. The van der Waals surface area contributed by atoms with Crippen LogP contribution in [0.15, 0.2) is 6.07 Å². The van der Waals surface area contributed by atoms with E-state index in [-0.39, 0.29) is 23.4 Å². The summed E-state index contributed by atoms with van der Waals surface area (Å²) in [6.45, 7) is 1.46. The van der Waals surface area contributed by atoms with E-state index in [1.54, 1.807) is 6.92 Å². The van der Waals surface area contributed by atoms with Crippen LogP contribution in [0.3, 0.4) is 0 Å². The van der Waals surface area contributed by atoms with Gasteiger partial charge in [-0.2, -0.15) is 5.26 Å². The minimum atomic E-state index is -2.69. The number of aromatic nitrogens is 1. The molecule has 0 aliphatic rings. The highest BCUT2D eigenvalue weighted by Gasteiger charge is 2.17. The molecule has 0 spiro atoms. The largest absolute Gasteiger partial charge is 0.326 e. The Kier molecular flexibility index (Phi) is 3.10. The fraction of sp³-hybridized carbons (Fsp3) is 0.333. The van der Waals surface area contributed by atoms with Crippen LogP contribution in [-0.4, -0.2) is 4.98 Å². The van der Waals surface area contributed by atoms with E-state index in [1.807, 2.05) is 6.07 Å². The van der Waals surface area contributed by atoms with Crippen molar-refractivity contribution in [1.29, 1.82) is 5.26 Å². The monoisotopic (exact) mass is 197 g/mol. The summed E-state index contributed by atoms with van der Waals surface area (Å²) in [6, 6.07) is 3.28. The minimum Gasteiger partial charge on any atom is -0.326 e. The van der Waals surface area contributed by atoms with E-state index in [0.717, 1.165) is 0 Å². The average Bonchev–Trinajstić information content (AvgIpc) is 2.16. The number of aryl methyl sites for hydroxylation is 1. The number of alkyl halides is 2. The summed E-state index contributed by atoms with van der Waals surface area (Å²) in [5.74, 6) is 0. The van der Waals surface area contributed by atoms with Crippen molar-refractivity contribution >= 4 is 0 Å². The molecular weight excluding hydrogens is 188 g/mol. The van der Waals surface area contributed by atoms with Gasteiger partial charge in [-0.3, -0.25) is 4.98 Å². The zero-order valence-corrected chi connectivity index (χ0v) is 7.59. The summed E-state index contributed by atoms with van der Waals surface area (Å²) < 4.78 is 25.0. The van der Waals surface area contributed by atoms with Crippen LogP contribution in [-0.2, 0) is 6.54 Å². The molecule has 1 heterocycles. The van der Waals surface area contributed by atoms with Crippen molar-refractivity contribution in [3.63, 3.8) is 0 Å². The quantitative estimate of drug-likeness (QED) is 0.784. The van der Waals surface area contributed by atoms with Crippen LogP contribution in [0.2, 0.25) is 0 Å². The van der Waals surface area contributed by atoms with E-state index in [2.05, 4.69) is 4.98 Å². The Labute approximate surface area is 80.2 Å². The number of rotatable bonds is 2. The Morgan fingerprint density at radius 3 is 2.71 bits per heavy atom. The lowest BCUT2D eigenvalue weighted by atomic mass is 10.1. The van der Waals surface area contributed by atoms with Gasteiger partial charge in [0.25, 0.3) is 6.43 Å². The van der Waals surface area contributed by atoms with E-state index in [4.69, 9.17) is 11.0 Å². The normalized spacial score (nSPS) is 10.3. The van der Waals surface area contributed by atoms with Crippen molar-refractivity contribution < 1.29 is 8.78 Å². The fourth-order valence-electron chi connectivity index (χ4n) is 1.22. The van der Waals surface area contributed by atoms with Gasteiger partial charge in [0.2, 0.25) is 0 Å². The third-order valence-corrected chi connectivity index (χ3v) is 1.82. The van der Waals surface area contributed by atoms with Gasteiger partial charge in [0.05, 0.1) is 11.6 Å². The van der Waals surface area contributed by atoms with Crippen LogP contribution in [0.1, 0.15) is 28.9 Å². The van der Waals surface area contributed by atoms with Crippen molar-refractivity contribution in [2.75, 3.05) is 0 Å². The molecular formula is C9H9F2N3. The minimum absolute atomic E-state index is 0.101. The maximum atomic E-state index is 12.5. The third kappa shape index (κ3) is 1.86. The molecule has 5 heteroatoms. The first kappa shape index (κ1) is 10.5. The van der Waals surface area contributed by atoms with Crippen molar-refractivity contribution in [3.05, 3.63) is 28.6 Å². The molecule has 0 atom stereocenters. The van der Waals surface area contributed by atoms with Gasteiger partial charge in [-0.1, -0.05) is 0 Å². The topological polar surface area (TPSA) is 62.7 Å². The molecule has 14 heavy (non-hydrogen) atoms. The smallest absolute Gasteiger partial charge is 0.280 e. The van der Waals surface area contributed by atoms with E-state index in [0.29, 0.717) is 5.69 Å². The molecule has 3 nitrogen and oxygen atoms in total. The maximum Gasteiger partial charge on any atom is 0.280 e. The van der Waals surface area contributed by atoms with Gasteiger partial charge < -0.3 is 5.73 Å². The van der Waals surface area contributed by atoms with Crippen molar-refractivity contribution in [1.82, 2.24) is 4.98 Å². The van der Waals surface area contributed by atoms with Crippen LogP contribution in [0, 0.1) is 18.3 Å². The van der Waals surface area contributed by atoms with Crippen LogP contribution in [0.5, 0.6) is 0 Å². The van der Waals surface area contributed by atoms with Crippen LogP contribution >= 0.6 is 0 Å². The van der Waals surface area contributed by atoms with Crippen molar-refractivity contribution in [3.8, 4) is 6.07 Å². The van der Waals surface area contributed by atoms with E-state index in [1.165, 1.54) is 6.07 Å². The highest BCUT2D eigenvalue weighted by Crippen LogP contribution is 2.23. The lowest BCUT2D eigenvalue weighted by molar-refractivity contribution is 0.144. The van der Waals surface area contributed by atoms with Crippen molar-refractivity contribution in [2.24, 2.45) is 5.73 Å². The number of pyridine rings is 1. The van der Waals surface area contributed by atoms with Gasteiger partial charge in [-0.25, -0.2) is 8.78 Å². The number of nitriles is 1. The maximum absolute atomic E-state index is 12.5. The Balaban J connectivity index is 3.41. The molecule has 1 rings (SSSR count). The molecule has 74 valence electrons. The predicted molar refractivity (Wildman–Crippen MR) is 46.5 cm³/mol. The highest BCUT2D eigenvalue weighted by molar-refractivity contribution is 5.41. The fourth-order valence-corrected chi connectivity index (χ4v) is 1.22. The molecule has 0 fully saturated rings. The highest BCUT2D eigenvalue weighted by atomic mass is 19.3. The second kappa shape index (κ2) is 4.11. The molecule has 0 radical (unpaired) electrons. The molecule has 1 aromatic heterocycles. The number of halogens is 2. The third-order valence-electron chi connectivity index (χ3n) is 1.82. The Morgan fingerprint density at radius 2 is 2.29 bits per heavy atom. The summed E-state index contributed by atoms with van der Waals surface area (Å²) in [5, 5.41) is 8.70. The first-order valence-corrected chi connectivity index (χ1v) is 3.99. The summed E-state index contributed by atoms with van der Waals surface area (Å²) >= 11 is 0. The number of nitrogens with two attached hydrogens (primary N) is 1. The lowest BCUT2D eigenvalue weighted by Gasteiger charge is -2.08. The molecule has 0 saturated carbocycles. The first-order chi connectivity index (χ1) is 6.60. The van der Waals surface area contributed by atoms with Crippen LogP contribution in [0.25, 0.3) is 0 Å². The first-order valence-electron chi connectivity index (χ1n) is 3.99. The van der Waals surface area contributed by atoms with Gasteiger partial charge in [0.15, 0.2) is 0 Å². The lowest BCUT2D eigenvalue weighted by Crippen LogP contribution is -2.08. The van der Waals surface area contributed by atoms with Gasteiger partial charge in [-0.15, -0.1) is 0 Å². The second-order valence-corrected chi connectivity index (χ2v) is 2.79.